The molecule has 0 bridgehead atoms. The van der Waals surface area contributed by atoms with Crippen molar-refractivity contribution >= 4 is 42.2 Å². The van der Waals surface area contributed by atoms with E-state index in [1.54, 1.807) is 24.3 Å². The van der Waals surface area contributed by atoms with E-state index in [0.717, 1.165) is 0 Å². The topological polar surface area (TPSA) is 89.0 Å². The molecular weight excluding hydrogens is 346 g/mol. The van der Waals surface area contributed by atoms with Gasteiger partial charge < -0.3 is 5.32 Å². The van der Waals surface area contributed by atoms with Gasteiger partial charge in [-0.05, 0) is 30.3 Å². The van der Waals surface area contributed by atoms with E-state index in [9.17, 15) is 13.2 Å². The normalized spacial score (nSPS) is 11.4. The summed E-state index contributed by atoms with van der Waals surface area (Å²) in [6, 6.07) is 13.2. The van der Waals surface area contributed by atoms with Crippen molar-refractivity contribution in [2.24, 2.45) is 0 Å². The van der Waals surface area contributed by atoms with E-state index in [4.69, 9.17) is 0 Å². The molecule has 1 heterocycles. The molecule has 0 saturated heterocycles. The summed E-state index contributed by atoms with van der Waals surface area (Å²) in [5.41, 5.74) is 1.23. The molecular formula is C16H13N3O3S2. The van der Waals surface area contributed by atoms with Crippen LogP contribution in [0.25, 0.3) is 10.9 Å². The summed E-state index contributed by atoms with van der Waals surface area (Å²) in [6.07, 6.45) is 1.35. The highest BCUT2D eigenvalue weighted by molar-refractivity contribution is 8.72. The Balaban J connectivity index is 1.92. The largest absolute Gasteiger partial charge is 0.326 e. The molecule has 1 aromatic heterocycles. The molecule has 6 nitrogen and oxygen atoms in total. The molecule has 24 heavy (non-hydrogen) atoms. The Bertz CT molecular complexity index is 997. The Morgan fingerprint density at radius 3 is 2.46 bits per heavy atom. The minimum atomic E-state index is -3.64. The zero-order valence-electron chi connectivity index (χ0n) is 12.6. The molecule has 0 radical (unpaired) electrons. The monoisotopic (exact) mass is 359 g/mol. The highest BCUT2D eigenvalue weighted by Gasteiger charge is 2.19. The van der Waals surface area contributed by atoms with Gasteiger partial charge in [0.25, 0.3) is 0 Å². The van der Waals surface area contributed by atoms with Crippen molar-refractivity contribution in [3.8, 4) is 0 Å². The molecule has 0 atom stereocenters. The number of amides is 1. The maximum atomic E-state index is 12.6. The fraction of sp³-hybridized carbons (Fsp3) is 0.0625. The van der Waals surface area contributed by atoms with Crippen LogP contribution in [0, 0.1) is 0 Å². The van der Waals surface area contributed by atoms with Crippen molar-refractivity contribution in [2.45, 2.75) is 16.8 Å². The van der Waals surface area contributed by atoms with Gasteiger partial charge in [-0.1, -0.05) is 18.2 Å². The number of aromatic nitrogens is 2. The summed E-state index contributed by atoms with van der Waals surface area (Å²) >= 11 is 0. The average Bonchev–Trinajstić information content (AvgIpc) is 2.55. The van der Waals surface area contributed by atoms with Crippen LogP contribution >= 0.6 is 10.8 Å². The van der Waals surface area contributed by atoms with Gasteiger partial charge in [-0.3, -0.25) is 4.79 Å². The van der Waals surface area contributed by atoms with E-state index >= 15 is 0 Å². The highest BCUT2D eigenvalue weighted by Crippen LogP contribution is 2.33. The molecule has 0 saturated carbocycles. The van der Waals surface area contributed by atoms with E-state index in [1.165, 1.54) is 25.4 Å². The minimum absolute atomic E-state index is 0.143. The fourth-order valence-electron chi connectivity index (χ4n) is 2.11. The van der Waals surface area contributed by atoms with Crippen LogP contribution in [-0.4, -0.2) is 24.3 Å². The number of carbonyl (C=O) groups is 1. The summed E-state index contributed by atoms with van der Waals surface area (Å²) in [5.74, 6) is -0.215. The van der Waals surface area contributed by atoms with Crippen LogP contribution in [-0.2, 0) is 13.7 Å². The summed E-state index contributed by atoms with van der Waals surface area (Å²) in [7, 11) is -2.95. The van der Waals surface area contributed by atoms with Gasteiger partial charge in [0.15, 0.2) is 0 Å². The minimum Gasteiger partial charge on any atom is -0.326 e. The van der Waals surface area contributed by atoms with E-state index in [-0.39, 0.29) is 10.8 Å². The van der Waals surface area contributed by atoms with E-state index in [2.05, 4.69) is 15.3 Å². The fourth-order valence-corrected chi connectivity index (χ4v) is 4.88. The molecule has 8 heteroatoms. The lowest BCUT2D eigenvalue weighted by atomic mass is 10.2. The van der Waals surface area contributed by atoms with Crippen molar-refractivity contribution in [3.63, 3.8) is 0 Å². The molecule has 0 aliphatic carbocycles. The molecule has 2 aromatic carbocycles. The molecule has 0 spiro atoms. The van der Waals surface area contributed by atoms with Crippen molar-refractivity contribution in [2.75, 3.05) is 5.32 Å². The van der Waals surface area contributed by atoms with E-state index in [1.807, 2.05) is 12.1 Å². The molecule has 1 amide bonds. The van der Waals surface area contributed by atoms with Crippen LogP contribution < -0.4 is 5.32 Å². The number of nitrogens with one attached hydrogen (secondary N) is 1. The van der Waals surface area contributed by atoms with Gasteiger partial charge in [-0.15, -0.1) is 0 Å². The summed E-state index contributed by atoms with van der Waals surface area (Å²) < 4.78 is 25.2. The smallest absolute Gasteiger partial charge is 0.236 e. The molecule has 3 rings (SSSR count). The summed E-state index contributed by atoms with van der Waals surface area (Å²) in [4.78, 5) is 19.4. The summed E-state index contributed by atoms with van der Waals surface area (Å²) in [6.45, 7) is 1.39. The zero-order chi connectivity index (χ0) is 17.2. The lowest BCUT2D eigenvalue weighted by molar-refractivity contribution is -0.114. The number of para-hydroxylation sites is 1. The Kier molecular flexibility index (Phi) is 4.50. The maximum absolute atomic E-state index is 12.6. The van der Waals surface area contributed by atoms with E-state index in [0.29, 0.717) is 32.4 Å². The van der Waals surface area contributed by atoms with Crippen molar-refractivity contribution in [3.05, 3.63) is 54.9 Å². The van der Waals surface area contributed by atoms with Gasteiger partial charge >= 0.3 is 0 Å². The predicted molar refractivity (Wildman–Crippen MR) is 93.3 cm³/mol. The average molecular weight is 359 g/mol. The lowest BCUT2D eigenvalue weighted by Crippen LogP contribution is -2.05. The van der Waals surface area contributed by atoms with Gasteiger partial charge in [0, 0.05) is 28.8 Å². The van der Waals surface area contributed by atoms with Crippen LogP contribution in [0.1, 0.15) is 6.92 Å². The number of nitrogens with zero attached hydrogens (tertiary/aromatic N) is 2. The third kappa shape index (κ3) is 3.55. The molecule has 1 N–H and O–H groups in total. The number of fused-ring (bicyclic) bond motifs is 1. The van der Waals surface area contributed by atoms with Gasteiger partial charge in [0.2, 0.25) is 14.8 Å². The first-order valence-corrected chi connectivity index (χ1v) is 9.79. The Labute approximate surface area is 142 Å². The number of benzene rings is 2. The lowest BCUT2D eigenvalue weighted by Gasteiger charge is -2.07. The molecule has 0 fully saturated rings. The molecule has 0 unspecified atom stereocenters. The molecule has 3 aromatic rings. The Morgan fingerprint density at radius 2 is 1.75 bits per heavy atom. The molecule has 0 aliphatic rings. The highest BCUT2D eigenvalue weighted by atomic mass is 33.1. The second-order valence-corrected chi connectivity index (χ2v) is 8.69. The number of rotatable bonds is 4. The maximum Gasteiger partial charge on any atom is 0.236 e. The van der Waals surface area contributed by atoms with Crippen molar-refractivity contribution in [1.82, 2.24) is 9.97 Å². The first-order valence-electron chi connectivity index (χ1n) is 6.97. The first kappa shape index (κ1) is 16.4. The second kappa shape index (κ2) is 6.58. The van der Waals surface area contributed by atoms with Gasteiger partial charge in [0.05, 0.1) is 10.4 Å². The van der Waals surface area contributed by atoms with Gasteiger partial charge in [-0.2, -0.15) is 0 Å². The zero-order valence-corrected chi connectivity index (χ0v) is 14.3. The SMILES string of the molecule is CC(=O)Nc1ccc(S(=O)(=O)Sc2ncnc3ccccc23)cc1. The number of carbonyl (C=O) groups excluding carboxylic acids is 1. The van der Waals surface area contributed by atoms with Gasteiger partial charge in [-0.25, -0.2) is 18.4 Å². The Morgan fingerprint density at radius 1 is 1.04 bits per heavy atom. The summed E-state index contributed by atoms with van der Waals surface area (Å²) in [5, 5.41) is 3.66. The first-order chi connectivity index (χ1) is 11.5. The van der Waals surface area contributed by atoms with Crippen LogP contribution in [0.15, 0.2) is 64.8 Å². The van der Waals surface area contributed by atoms with Crippen LogP contribution in [0.5, 0.6) is 0 Å². The van der Waals surface area contributed by atoms with Gasteiger partial charge in [0.1, 0.15) is 11.4 Å². The molecule has 122 valence electrons. The standard InChI is InChI=1S/C16H13N3O3S2/c1-11(20)19-12-6-8-13(9-7-12)24(21,22)23-16-14-4-2-3-5-15(14)17-10-18-16/h2-10H,1H3,(H,19,20). The van der Waals surface area contributed by atoms with Crippen LogP contribution in [0.3, 0.4) is 0 Å². The molecule has 0 aliphatic heterocycles. The quantitative estimate of drug-likeness (QED) is 0.569. The Hall–Kier alpha value is -2.45. The number of hydrogen-bond donors (Lipinski definition) is 1. The third-order valence-corrected chi connectivity index (χ3v) is 6.42. The van der Waals surface area contributed by atoms with Crippen LogP contribution in [0.4, 0.5) is 5.69 Å². The van der Waals surface area contributed by atoms with Crippen molar-refractivity contribution < 1.29 is 13.2 Å². The van der Waals surface area contributed by atoms with Crippen LogP contribution in [0.2, 0.25) is 0 Å². The third-order valence-electron chi connectivity index (χ3n) is 3.16. The number of hydrogen-bond acceptors (Lipinski definition) is 6. The predicted octanol–water partition coefficient (Wildman–Crippen LogP) is 3.07. The van der Waals surface area contributed by atoms with E-state index < -0.39 is 8.87 Å². The second-order valence-electron chi connectivity index (χ2n) is 4.94. The van der Waals surface area contributed by atoms with Crippen molar-refractivity contribution in [1.29, 1.82) is 0 Å². The number of anilines is 1.